The number of carbonyl (C=O) groups excluding carboxylic acids is 1. The minimum Gasteiger partial charge on any atom is -0.369 e. The summed E-state index contributed by atoms with van der Waals surface area (Å²) in [5.41, 5.74) is 1.76. The molecule has 0 spiro atoms. The highest BCUT2D eigenvalue weighted by atomic mass is 32.2. The molecule has 4 heterocycles. The van der Waals surface area contributed by atoms with Crippen molar-refractivity contribution < 1.29 is 4.79 Å². The summed E-state index contributed by atoms with van der Waals surface area (Å²) in [7, 11) is 0. The lowest BCUT2D eigenvalue weighted by Crippen LogP contribution is -2.30. The van der Waals surface area contributed by atoms with Gasteiger partial charge in [0, 0.05) is 38.2 Å². The number of rotatable bonds is 9. The number of thioether (sulfide) groups is 1. The van der Waals surface area contributed by atoms with Gasteiger partial charge in [-0.3, -0.25) is 18.9 Å². The van der Waals surface area contributed by atoms with Crippen LogP contribution >= 0.6 is 24.0 Å². The number of aromatic nitrogens is 4. The fourth-order valence-electron chi connectivity index (χ4n) is 3.96. The van der Waals surface area contributed by atoms with Crippen molar-refractivity contribution in [2.75, 3.05) is 18.4 Å². The number of nitrogens with one attached hydrogen (secondary N) is 1. The zero-order chi connectivity index (χ0) is 24.9. The molecule has 0 aliphatic carbocycles. The molecule has 0 unspecified atom stereocenters. The minimum atomic E-state index is -0.243. The van der Waals surface area contributed by atoms with Crippen LogP contribution in [0.3, 0.4) is 0 Å². The number of imidazole rings is 1. The quantitative estimate of drug-likeness (QED) is 0.206. The van der Waals surface area contributed by atoms with E-state index in [-0.39, 0.29) is 11.5 Å². The maximum absolute atomic E-state index is 13.4. The Morgan fingerprint density at radius 2 is 1.86 bits per heavy atom. The fraction of sp³-hybridized carbons (Fsp3) is 0.192. The topological polar surface area (TPSA) is 84.5 Å². The highest BCUT2D eigenvalue weighted by Crippen LogP contribution is 2.33. The minimum absolute atomic E-state index is 0.190. The number of thiocarbonyl (C=S) groups is 1. The highest BCUT2D eigenvalue weighted by Gasteiger charge is 2.32. The maximum atomic E-state index is 13.4. The third-order valence-electron chi connectivity index (χ3n) is 5.83. The van der Waals surface area contributed by atoms with Gasteiger partial charge in [-0.2, -0.15) is 0 Å². The molecule has 1 N–H and O–H groups in total. The van der Waals surface area contributed by atoms with Crippen LogP contribution in [-0.2, 0) is 17.8 Å². The maximum Gasteiger partial charge on any atom is 0.267 e. The molecule has 1 aliphatic rings. The van der Waals surface area contributed by atoms with E-state index in [1.54, 1.807) is 41.8 Å². The largest absolute Gasteiger partial charge is 0.369 e. The molecule has 5 rings (SSSR count). The van der Waals surface area contributed by atoms with E-state index in [9.17, 15) is 9.59 Å². The lowest BCUT2D eigenvalue weighted by molar-refractivity contribution is -0.122. The molecule has 1 aromatic carbocycles. The fourth-order valence-corrected chi connectivity index (χ4v) is 5.25. The lowest BCUT2D eigenvalue weighted by atomic mass is 10.1. The van der Waals surface area contributed by atoms with Crippen LogP contribution < -0.4 is 10.9 Å². The SMILES string of the molecule is O=C1C(=Cc2c(NCCCn3ccnc3)nc3ccccn3c2=O)SC(=S)N1CCc1ccccc1. The van der Waals surface area contributed by atoms with Crippen molar-refractivity contribution in [3.8, 4) is 0 Å². The van der Waals surface area contributed by atoms with Gasteiger partial charge in [-0.15, -0.1) is 0 Å². The monoisotopic (exact) mass is 516 g/mol. The zero-order valence-corrected chi connectivity index (χ0v) is 21.0. The van der Waals surface area contributed by atoms with Crippen LogP contribution in [0.15, 0.2) is 83.1 Å². The number of anilines is 1. The molecule has 182 valence electrons. The van der Waals surface area contributed by atoms with Gasteiger partial charge in [0.1, 0.15) is 15.8 Å². The highest BCUT2D eigenvalue weighted by molar-refractivity contribution is 8.26. The van der Waals surface area contributed by atoms with Crippen molar-refractivity contribution in [2.24, 2.45) is 0 Å². The number of nitrogens with zero attached hydrogens (tertiary/aromatic N) is 5. The van der Waals surface area contributed by atoms with Gasteiger partial charge in [0.25, 0.3) is 11.5 Å². The Bertz CT molecular complexity index is 1480. The normalized spacial score (nSPS) is 14.8. The third-order valence-corrected chi connectivity index (χ3v) is 7.21. The van der Waals surface area contributed by atoms with Crippen LogP contribution in [0.25, 0.3) is 11.7 Å². The predicted octanol–water partition coefficient (Wildman–Crippen LogP) is 3.84. The lowest BCUT2D eigenvalue weighted by Gasteiger charge is -2.14. The number of carbonyl (C=O) groups is 1. The summed E-state index contributed by atoms with van der Waals surface area (Å²) in [6.45, 7) is 1.88. The number of pyridine rings is 1. The molecule has 0 radical (unpaired) electrons. The Morgan fingerprint density at radius 3 is 2.67 bits per heavy atom. The summed E-state index contributed by atoms with van der Waals surface area (Å²) in [5, 5.41) is 3.30. The van der Waals surface area contributed by atoms with Crippen molar-refractivity contribution in [1.82, 2.24) is 23.8 Å². The molecule has 1 amide bonds. The Hall–Kier alpha value is -3.76. The van der Waals surface area contributed by atoms with Gasteiger partial charge in [-0.25, -0.2) is 9.97 Å². The number of hydrogen-bond donors (Lipinski definition) is 1. The predicted molar refractivity (Wildman–Crippen MR) is 147 cm³/mol. The molecule has 1 aliphatic heterocycles. The van der Waals surface area contributed by atoms with Crippen LogP contribution in [0.1, 0.15) is 17.5 Å². The van der Waals surface area contributed by atoms with Crippen LogP contribution in [0.2, 0.25) is 0 Å². The smallest absolute Gasteiger partial charge is 0.267 e. The van der Waals surface area contributed by atoms with E-state index in [1.807, 2.05) is 47.2 Å². The molecule has 3 aromatic heterocycles. The molecule has 1 fully saturated rings. The molecule has 0 bridgehead atoms. The molecule has 4 aromatic rings. The summed E-state index contributed by atoms with van der Waals surface area (Å²) in [4.78, 5) is 37.4. The molecular weight excluding hydrogens is 492 g/mol. The molecule has 1 saturated heterocycles. The van der Waals surface area contributed by atoms with Gasteiger partial charge < -0.3 is 9.88 Å². The molecule has 36 heavy (non-hydrogen) atoms. The van der Waals surface area contributed by atoms with E-state index in [4.69, 9.17) is 12.2 Å². The van der Waals surface area contributed by atoms with Crippen LogP contribution in [0.4, 0.5) is 5.82 Å². The van der Waals surface area contributed by atoms with Crippen LogP contribution in [-0.4, -0.2) is 47.2 Å². The Labute approximate surface area is 217 Å². The van der Waals surface area contributed by atoms with Gasteiger partial charge in [-0.1, -0.05) is 60.4 Å². The average molecular weight is 517 g/mol. The van der Waals surface area contributed by atoms with Crippen molar-refractivity contribution in [3.63, 3.8) is 0 Å². The number of fused-ring (bicyclic) bond motifs is 1. The average Bonchev–Trinajstić information content (AvgIpc) is 3.51. The number of hydrogen-bond acceptors (Lipinski definition) is 7. The number of benzene rings is 1. The van der Waals surface area contributed by atoms with E-state index in [0.29, 0.717) is 45.8 Å². The Balaban J connectivity index is 1.39. The van der Waals surface area contributed by atoms with E-state index in [0.717, 1.165) is 18.5 Å². The van der Waals surface area contributed by atoms with Gasteiger partial charge in [0.05, 0.1) is 16.8 Å². The number of aryl methyl sites for hydroxylation is 1. The van der Waals surface area contributed by atoms with Crippen molar-refractivity contribution in [2.45, 2.75) is 19.4 Å². The van der Waals surface area contributed by atoms with E-state index in [1.165, 1.54) is 16.2 Å². The second kappa shape index (κ2) is 10.9. The first-order valence-electron chi connectivity index (χ1n) is 11.6. The second-order valence-corrected chi connectivity index (χ2v) is 9.93. The van der Waals surface area contributed by atoms with Crippen molar-refractivity contribution in [3.05, 3.63) is 99.8 Å². The molecule has 8 nitrogen and oxygen atoms in total. The molecule has 0 saturated carbocycles. The summed E-state index contributed by atoms with van der Waals surface area (Å²) >= 11 is 6.72. The van der Waals surface area contributed by atoms with Gasteiger partial charge >= 0.3 is 0 Å². The van der Waals surface area contributed by atoms with Gasteiger partial charge in [0.15, 0.2) is 0 Å². The van der Waals surface area contributed by atoms with Crippen molar-refractivity contribution in [1.29, 1.82) is 0 Å². The first-order valence-corrected chi connectivity index (χ1v) is 12.8. The summed E-state index contributed by atoms with van der Waals surface area (Å²) in [6, 6.07) is 15.4. The first kappa shape index (κ1) is 24.0. The second-order valence-electron chi connectivity index (χ2n) is 8.26. The zero-order valence-electron chi connectivity index (χ0n) is 19.4. The Morgan fingerprint density at radius 1 is 1.03 bits per heavy atom. The van der Waals surface area contributed by atoms with E-state index >= 15 is 0 Å². The third kappa shape index (κ3) is 5.24. The van der Waals surface area contributed by atoms with Crippen LogP contribution in [0, 0.1) is 0 Å². The molecular formula is C26H24N6O2S2. The van der Waals surface area contributed by atoms with Crippen LogP contribution in [0.5, 0.6) is 0 Å². The molecule has 10 heteroatoms. The summed E-state index contributed by atoms with van der Waals surface area (Å²) in [6.07, 6.45) is 10.2. The standard InChI is InChI=1S/C26H24N6O2S2/c33-24-20(17-21-25(34)32(26(35)36-21)15-10-19-7-2-1-3-8-19)23(29-22-9-4-5-14-31(22)24)28-11-6-13-30-16-12-27-18-30/h1-5,7-9,12,14,16-18,28H,6,10-11,13,15H2. The summed E-state index contributed by atoms with van der Waals surface area (Å²) < 4.78 is 3.97. The van der Waals surface area contributed by atoms with E-state index in [2.05, 4.69) is 15.3 Å². The van der Waals surface area contributed by atoms with E-state index < -0.39 is 0 Å². The van der Waals surface area contributed by atoms with Gasteiger partial charge in [-0.05, 0) is 36.6 Å². The van der Waals surface area contributed by atoms with Gasteiger partial charge in [0.2, 0.25) is 0 Å². The summed E-state index contributed by atoms with van der Waals surface area (Å²) in [5.74, 6) is 0.260. The molecule has 0 atom stereocenters. The van der Waals surface area contributed by atoms with Crippen molar-refractivity contribution >= 4 is 51.7 Å². The Kier molecular flexibility index (Phi) is 7.24. The first-order chi connectivity index (χ1) is 17.6. The number of amides is 1.